The third-order valence-electron chi connectivity index (χ3n) is 2.53. The Kier molecular flexibility index (Phi) is 2.87. The number of nitrogens with two attached hydrogens (primary N) is 1. The van der Waals surface area contributed by atoms with Crippen LogP contribution in [-0.4, -0.2) is 18.5 Å². The third kappa shape index (κ3) is 2.10. The van der Waals surface area contributed by atoms with Gasteiger partial charge in [0.15, 0.2) is 0 Å². The summed E-state index contributed by atoms with van der Waals surface area (Å²) in [5.74, 6) is 0.0298. The number of nitrogens with one attached hydrogen (secondary N) is 2. The molecule has 1 unspecified atom stereocenters. The van der Waals surface area contributed by atoms with E-state index in [0.29, 0.717) is 6.54 Å². The van der Waals surface area contributed by atoms with E-state index in [9.17, 15) is 4.79 Å². The Balaban J connectivity index is 2.11. The second-order valence-electron chi connectivity index (χ2n) is 3.66. The molecule has 1 aliphatic rings. The molecule has 1 aliphatic heterocycles. The number of carbonyl (C=O) groups excluding carboxylic acids is 1. The van der Waals surface area contributed by atoms with Gasteiger partial charge in [0.1, 0.15) is 6.04 Å². The van der Waals surface area contributed by atoms with Gasteiger partial charge in [-0.2, -0.15) is 0 Å². The normalized spacial score (nSPS) is 19.0. The summed E-state index contributed by atoms with van der Waals surface area (Å²) in [7, 11) is 0. The molecule has 0 fully saturated rings. The van der Waals surface area contributed by atoms with Crippen molar-refractivity contribution in [3.63, 3.8) is 0 Å². The molecule has 1 atom stereocenters. The minimum atomic E-state index is -0.150. The van der Waals surface area contributed by atoms with Crippen LogP contribution in [-0.2, 0) is 4.79 Å². The number of carbonyl (C=O) groups is 1. The van der Waals surface area contributed by atoms with E-state index >= 15 is 0 Å². The molecule has 0 bridgehead atoms. The summed E-state index contributed by atoms with van der Waals surface area (Å²) in [5, 5.41) is 6.09. The summed E-state index contributed by atoms with van der Waals surface area (Å²) in [6.45, 7) is 0.618. The van der Waals surface area contributed by atoms with E-state index in [2.05, 4.69) is 10.6 Å². The monoisotopic (exact) mass is 205 g/mol. The van der Waals surface area contributed by atoms with Crippen LogP contribution in [0.2, 0.25) is 0 Å². The van der Waals surface area contributed by atoms with E-state index < -0.39 is 0 Å². The zero-order valence-corrected chi connectivity index (χ0v) is 8.49. The summed E-state index contributed by atoms with van der Waals surface area (Å²) in [5.41, 5.74) is 7.26. The van der Waals surface area contributed by atoms with Crippen molar-refractivity contribution >= 4 is 17.3 Å². The Morgan fingerprint density at radius 2 is 2.00 bits per heavy atom. The highest BCUT2D eigenvalue weighted by Gasteiger charge is 2.23. The van der Waals surface area contributed by atoms with Gasteiger partial charge in [0.2, 0.25) is 5.91 Å². The van der Waals surface area contributed by atoms with E-state index in [-0.39, 0.29) is 11.9 Å². The molecule has 15 heavy (non-hydrogen) atoms. The van der Waals surface area contributed by atoms with Crippen LogP contribution in [0.1, 0.15) is 12.8 Å². The van der Waals surface area contributed by atoms with Crippen molar-refractivity contribution in [2.75, 3.05) is 17.2 Å². The predicted molar refractivity (Wildman–Crippen MR) is 60.8 cm³/mol. The summed E-state index contributed by atoms with van der Waals surface area (Å²) >= 11 is 0. The Morgan fingerprint density at radius 3 is 2.73 bits per heavy atom. The quantitative estimate of drug-likeness (QED) is 0.693. The molecule has 4 nitrogen and oxygen atoms in total. The molecule has 0 aromatic heterocycles. The SMILES string of the molecule is NCCCC1Nc2ccccc2NC1=O. The number of hydrogen-bond donors (Lipinski definition) is 3. The fourth-order valence-corrected chi connectivity index (χ4v) is 1.72. The zero-order valence-electron chi connectivity index (χ0n) is 8.49. The molecule has 4 N–H and O–H groups in total. The van der Waals surface area contributed by atoms with Gasteiger partial charge in [-0.3, -0.25) is 4.79 Å². The van der Waals surface area contributed by atoms with Gasteiger partial charge in [-0.15, -0.1) is 0 Å². The number of amides is 1. The molecule has 1 aromatic rings. The number of para-hydroxylation sites is 2. The number of benzene rings is 1. The van der Waals surface area contributed by atoms with Crippen molar-refractivity contribution in [2.45, 2.75) is 18.9 Å². The Bertz CT molecular complexity index is 365. The molecule has 80 valence electrons. The third-order valence-corrected chi connectivity index (χ3v) is 2.53. The largest absolute Gasteiger partial charge is 0.372 e. The predicted octanol–water partition coefficient (Wildman–Crippen LogP) is 1.16. The zero-order chi connectivity index (χ0) is 10.7. The molecule has 0 aliphatic carbocycles. The maximum absolute atomic E-state index is 11.6. The second kappa shape index (κ2) is 4.31. The summed E-state index contributed by atoms with van der Waals surface area (Å²) in [6, 6.07) is 7.55. The molecule has 4 heteroatoms. The van der Waals surface area contributed by atoms with Crippen LogP contribution in [0.3, 0.4) is 0 Å². The number of rotatable bonds is 3. The Labute approximate surface area is 88.9 Å². The highest BCUT2D eigenvalue weighted by Crippen LogP contribution is 2.26. The fourth-order valence-electron chi connectivity index (χ4n) is 1.72. The van der Waals surface area contributed by atoms with E-state index in [1.54, 1.807) is 0 Å². The average Bonchev–Trinajstić information content (AvgIpc) is 2.26. The van der Waals surface area contributed by atoms with Gasteiger partial charge >= 0.3 is 0 Å². The lowest BCUT2D eigenvalue weighted by Gasteiger charge is -2.26. The second-order valence-corrected chi connectivity index (χ2v) is 3.66. The first kappa shape index (κ1) is 9.98. The van der Waals surface area contributed by atoms with Crippen molar-refractivity contribution in [3.05, 3.63) is 24.3 Å². The molecule has 1 aromatic carbocycles. The van der Waals surface area contributed by atoms with Crippen LogP contribution in [0.4, 0.5) is 11.4 Å². The molecule has 0 radical (unpaired) electrons. The summed E-state index contributed by atoms with van der Waals surface area (Å²) < 4.78 is 0. The standard InChI is InChI=1S/C11H15N3O/c12-7-3-6-10-11(15)14-9-5-2-1-4-8(9)13-10/h1-2,4-5,10,13H,3,6-7,12H2,(H,14,15). The van der Waals surface area contributed by atoms with Crippen LogP contribution in [0, 0.1) is 0 Å². The van der Waals surface area contributed by atoms with Crippen molar-refractivity contribution < 1.29 is 4.79 Å². The van der Waals surface area contributed by atoms with Crippen molar-refractivity contribution in [2.24, 2.45) is 5.73 Å². The Hall–Kier alpha value is -1.55. The highest BCUT2D eigenvalue weighted by molar-refractivity contribution is 6.02. The van der Waals surface area contributed by atoms with Crippen molar-refractivity contribution in [1.82, 2.24) is 0 Å². The van der Waals surface area contributed by atoms with Crippen LogP contribution in [0.5, 0.6) is 0 Å². The first-order valence-electron chi connectivity index (χ1n) is 5.18. The van der Waals surface area contributed by atoms with Gasteiger partial charge in [-0.1, -0.05) is 12.1 Å². The van der Waals surface area contributed by atoms with Gasteiger partial charge in [-0.05, 0) is 31.5 Å². The molecule has 1 amide bonds. The molecule has 2 rings (SSSR count). The lowest BCUT2D eigenvalue weighted by molar-refractivity contribution is -0.117. The van der Waals surface area contributed by atoms with Crippen LogP contribution < -0.4 is 16.4 Å². The fraction of sp³-hybridized carbons (Fsp3) is 0.364. The average molecular weight is 205 g/mol. The van der Waals surface area contributed by atoms with E-state index in [1.807, 2.05) is 24.3 Å². The minimum Gasteiger partial charge on any atom is -0.372 e. The van der Waals surface area contributed by atoms with Crippen LogP contribution in [0.25, 0.3) is 0 Å². The van der Waals surface area contributed by atoms with E-state index in [0.717, 1.165) is 24.2 Å². The molecule has 0 saturated carbocycles. The topological polar surface area (TPSA) is 67.2 Å². The van der Waals surface area contributed by atoms with Crippen molar-refractivity contribution in [1.29, 1.82) is 0 Å². The van der Waals surface area contributed by atoms with Gasteiger partial charge in [-0.25, -0.2) is 0 Å². The van der Waals surface area contributed by atoms with Gasteiger partial charge < -0.3 is 16.4 Å². The highest BCUT2D eigenvalue weighted by atomic mass is 16.2. The lowest BCUT2D eigenvalue weighted by atomic mass is 10.1. The first-order valence-corrected chi connectivity index (χ1v) is 5.18. The summed E-state index contributed by atoms with van der Waals surface area (Å²) in [4.78, 5) is 11.6. The molecular weight excluding hydrogens is 190 g/mol. The molecule has 0 saturated heterocycles. The van der Waals surface area contributed by atoms with E-state index in [1.165, 1.54) is 0 Å². The van der Waals surface area contributed by atoms with Crippen LogP contribution in [0.15, 0.2) is 24.3 Å². The first-order chi connectivity index (χ1) is 7.31. The Morgan fingerprint density at radius 1 is 1.27 bits per heavy atom. The number of fused-ring (bicyclic) bond motifs is 1. The lowest BCUT2D eigenvalue weighted by Crippen LogP contribution is -2.39. The maximum Gasteiger partial charge on any atom is 0.246 e. The van der Waals surface area contributed by atoms with Gasteiger partial charge in [0.25, 0.3) is 0 Å². The molecule has 0 spiro atoms. The molecular formula is C11H15N3O. The van der Waals surface area contributed by atoms with Crippen molar-refractivity contribution in [3.8, 4) is 0 Å². The number of hydrogen-bond acceptors (Lipinski definition) is 3. The van der Waals surface area contributed by atoms with Gasteiger partial charge in [0.05, 0.1) is 11.4 Å². The summed E-state index contributed by atoms with van der Waals surface area (Å²) in [6.07, 6.45) is 1.63. The maximum atomic E-state index is 11.6. The van der Waals surface area contributed by atoms with Crippen LogP contribution >= 0.6 is 0 Å². The molecule has 1 heterocycles. The van der Waals surface area contributed by atoms with Gasteiger partial charge in [0, 0.05) is 0 Å². The minimum absolute atomic E-state index is 0.0298. The van der Waals surface area contributed by atoms with E-state index in [4.69, 9.17) is 5.73 Å². The smallest absolute Gasteiger partial charge is 0.246 e. The number of anilines is 2.